The molecule has 1 atom stereocenters. The van der Waals surface area contributed by atoms with Crippen molar-refractivity contribution in [2.24, 2.45) is 0 Å². The van der Waals surface area contributed by atoms with Gasteiger partial charge in [-0.1, -0.05) is 31.2 Å². The number of ether oxygens (including phenoxy) is 1. The van der Waals surface area contributed by atoms with E-state index in [1.807, 2.05) is 23.1 Å². The molecule has 1 fully saturated rings. The Labute approximate surface area is 153 Å². The minimum Gasteiger partial charge on any atom is -0.483 e. The Hall–Kier alpha value is -1.85. The van der Waals surface area contributed by atoms with Gasteiger partial charge >= 0.3 is 0 Å². The molecule has 2 heterocycles. The molecule has 0 bridgehead atoms. The van der Waals surface area contributed by atoms with Crippen LogP contribution in [0.2, 0.25) is 0 Å². The lowest BCUT2D eigenvalue weighted by Gasteiger charge is -2.21. The van der Waals surface area contributed by atoms with E-state index in [-0.39, 0.29) is 18.6 Å². The minimum atomic E-state index is 0.0897. The van der Waals surface area contributed by atoms with E-state index in [1.165, 1.54) is 4.88 Å². The van der Waals surface area contributed by atoms with Crippen molar-refractivity contribution in [2.45, 2.75) is 38.8 Å². The number of likely N-dealkylation sites (tertiary alicyclic amines) is 1. The van der Waals surface area contributed by atoms with E-state index in [9.17, 15) is 4.79 Å². The second-order valence-electron chi connectivity index (χ2n) is 6.34. The Morgan fingerprint density at radius 2 is 2.04 bits per heavy atom. The number of hydrogen-bond donors (Lipinski definition) is 1. The standard InChI is InChI=1S/C20H26N2O2S/c1-2-18(21-14-16-8-7-13-25-16)17-9-3-4-10-19(17)24-15-20(23)22-11-5-6-12-22/h3-4,7-10,13,18,21H,2,5-6,11-12,14-15H2,1H3. The third kappa shape index (κ3) is 4.83. The van der Waals surface area contributed by atoms with Crippen molar-refractivity contribution in [1.29, 1.82) is 0 Å². The summed E-state index contributed by atoms with van der Waals surface area (Å²) in [4.78, 5) is 15.5. The van der Waals surface area contributed by atoms with Crippen molar-refractivity contribution in [3.63, 3.8) is 0 Å². The maximum Gasteiger partial charge on any atom is 0.260 e. The number of nitrogens with zero attached hydrogens (tertiary/aromatic N) is 1. The van der Waals surface area contributed by atoms with Gasteiger partial charge in [0, 0.05) is 36.1 Å². The van der Waals surface area contributed by atoms with Crippen molar-refractivity contribution >= 4 is 17.2 Å². The molecular formula is C20H26N2O2S. The molecule has 3 rings (SSSR count). The van der Waals surface area contributed by atoms with Crippen LogP contribution in [0.4, 0.5) is 0 Å². The van der Waals surface area contributed by atoms with E-state index >= 15 is 0 Å². The summed E-state index contributed by atoms with van der Waals surface area (Å²) in [6, 6.07) is 12.5. The Bertz CT molecular complexity index is 666. The maximum absolute atomic E-state index is 12.2. The highest BCUT2D eigenvalue weighted by Gasteiger charge is 2.20. The summed E-state index contributed by atoms with van der Waals surface area (Å²) >= 11 is 1.76. The minimum absolute atomic E-state index is 0.0897. The van der Waals surface area contributed by atoms with Crippen molar-refractivity contribution in [3.8, 4) is 5.75 Å². The van der Waals surface area contributed by atoms with Gasteiger partial charge in [-0.2, -0.15) is 0 Å². The summed E-state index contributed by atoms with van der Waals surface area (Å²) in [5.74, 6) is 0.896. The van der Waals surface area contributed by atoms with Gasteiger partial charge in [-0.25, -0.2) is 0 Å². The fourth-order valence-corrected chi connectivity index (χ4v) is 3.86. The summed E-state index contributed by atoms with van der Waals surface area (Å²) in [6.45, 7) is 4.86. The van der Waals surface area contributed by atoms with Gasteiger partial charge in [-0.15, -0.1) is 11.3 Å². The molecule has 25 heavy (non-hydrogen) atoms. The number of benzene rings is 1. The lowest BCUT2D eigenvalue weighted by atomic mass is 10.0. The summed E-state index contributed by atoms with van der Waals surface area (Å²) in [5.41, 5.74) is 1.12. The van der Waals surface area contributed by atoms with Crippen LogP contribution in [0.15, 0.2) is 41.8 Å². The Morgan fingerprint density at radius 3 is 2.76 bits per heavy atom. The number of carbonyl (C=O) groups excluding carboxylic acids is 1. The Kier molecular flexibility index (Phi) is 6.48. The number of hydrogen-bond acceptors (Lipinski definition) is 4. The van der Waals surface area contributed by atoms with E-state index in [2.05, 4.69) is 35.8 Å². The second-order valence-corrected chi connectivity index (χ2v) is 7.37. The summed E-state index contributed by atoms with van der Waals surface area (Å²) in [6.07, 6.45) is 3.17. The number of nitrogens with one attached hydrogen (secondary N) is 1. The summed E-state index contributed by atoms with van der Waals surface area (Å²) in [5, 5.41) is 5.70. The Morgan fingerprint density at radius 1 is 1.24 bits per heavy atom. The first-order chi connectivity index (χ1) is 12.3. The van der Waals surface area contributed by atoms with E-state index in [4.69, 9.17) is 4.74 Å². The smallest absolute Gasteiger partial charge is 0.260 e. The van der Waals surface area contributed by atoms with Crippen LogP contribution in [-0.2, 0) is 11.3 Å². The number of rotatable bonds is 8. The zero-order valence-corrected chi connectivity index (χ0v) is 15.6. The van der Waals surface area contributed by atoms with Crippen LogP contribution in [0, 0.1) is 0 Å². The molecule has 1 aromatic carbocycles. The normalized spacial score (nSPS) is 15.3. The average Bonchev–Trinajstić information content (AvgIpc) is 3.35. The molecule has 1 aromatic heterocycles. The van der Waals surface area contributed by atoms with Crippen LogP contribution in [0.3, 0.4) is 0 Å². The first-order valence-corrected chi connectivity index (χ1v) is 9.91. The van der Waals surface area contributed by atoms with Gasteiger partial charge in [0.2, 0.25) is 0 Å². The number of thiophene rings is 1. The van der Waals surface area contributed by atoms with Crippen LogP contribution < -0.4 is 10.1 Å². The van der Waals surface area contributed by atoms with Crippen molar-refractivity contribution in [3.05, 3.63) is 52.2 Å². The van der Waals surface area contributed by atoms with Crippen LogP contribution in [0.5, 0.6) is 5.75 Å². The molecule has 1 aliphatic rings. The largest absolute Gasteiger partial charge is 0.483 e. The molecule has 0 radical (unpaired) electrons. The quantitative estimate of drug-likeness (QED) is 0.776. The summed E-state index contributed by atoms with van der Waals surface area (Å²) < 4.78 is 5.90. The van der Waals surface area contributed by atoms with Gasteiger partial charge in [-0.05, 0) is 36.8 Å². The van der Waals surface area contributed by atoms with E-state index < -0.39 is 0 Å². The molecule has 0 spiro atoms. The number of para-hydroxylation sites is 1. The van der Waals surface area contributed by atoms with Crippen LogP contribution in [0.1, 0.15) is 42.7 Å². The summed E-state index contributed by atoms with van der Waals surface area (Å²) in [7, 11) is 0. The van der Waals surface area contributed by atoms with Crippen LogP contribution in [0.25, 0.3) is 0 Å². The van der Waals surface area contributed by atoms with Gasteiger partial charge in [-0.3, -0.25) is 4.79 Å². The monoisotopic (exact) mass is 358 g/mol. The van der Waals surface area contributed by atoms with Crippen molar-refractivity contribution in [2.75, 3.05) is 19.7 Å². The number of carbonyl (C=O) groups is 1. The molecule has 2 aromatic rings. The van der Waals surface area contributed by atoms with E-state index in [1.54, 1.807) is 11.3 Å². The predicted octanol–water partition coefficient (Wildman–Crippen LogP) is 3.99. The molecule has 1 aliphatic heterocycles. The molecule has 1 unspecified atom stereocenters. The predicted molar refractivity (Wildman–Crippen MR) is 102 cm³/mol. The molecule has 4 nitrogen and oxygen atoms in total. The van der Waals surface area contributed by atoms with Gasteiger partial charge in [0.05, 0.1) is 0 Å². The molecule has 0 saturated carbocycles. The number of amides is 1. The van der Waals surface area contributed by atoms with Crippen LogP contribution >= 0.6 is 11.3 Å². The lowest BCUT2D eigenvalue weighted by Crippen LogP contribution is -2.32. The topological polar surface area (TPSA) is 41.6 Å². The van der Waals surface area contributed by atoms with Gasteiger partial charge in [0.15, 0.2) is 6.61 Å². The second kappa shape index (κ2) is 9.02. The lowest BCUT2D eigenvalue weighted by molar-refractivity contribution is -0.132. The molecule has 1 amide bonds. The fourth-order valence-electron chi connectivity index (χ4n) is 3.21. The highest BCUT2D eigenvalue weighted by Crippen LogP contribution is 2.28. The van der Waals surface area contributed by atoms with Gasteiger partial charge in [0.1, 0.15) is 5.75 Å². The van der Waals surface area contributed by atoms with E-state index in [0.29, 0.717) is 0 Å². The molecular weight excluding hydrogens is 332 g/mol. The molecule has 5 heteroatoms. The highest BCUT2D eigenvalue weighted by molar-refractivity contribution is 7.09. The zero-order valence-electron chi connectivity index (χ0n) is 14.7. The highest BCUT2D eigenvalue weighted by atomic mass is 32.1. The van der Waals surface area contributed by atoms with Crippen LogP contribution in [-0.4, -0.2) is 30.5 Å². The first kappa shape index (κ1) is 18.0. The van der Waals surface area contributed by atoms with Crippen molar-refractivity contribution in [1.82, 2.24) is 10.2 Å². The molecule has 1 saturated heterocycles. The molecule has 134 valence electrons. The molecule has 0 aliphatic carbocycles. The third-order valence-electron chi connectivity index (χ3n) is 4.62. The zero-order chi connectivity index (χ0) is 17.5. The van der Waals surface area contributed by atoms with Gasteiger partial charge in [0.25, 0.3) is 5.91 Å². The average molecular weight is 359 g/mol. The van der Waals surface area contributed by atoms with E-state index in [0.717, 1.165) is 50.2 Å². The maximum atomic E-state index is 12.2. The SMILES string of the molecule is CCC(NCc1cccs1)c1ccccc1OCC(=O)N1CCCC1. The fraction of sp³-hybridized carbons (Fsp3) is 0.450. The Balaban J connectivity index is 1.62. The first-order valence-electron chi connectivity index (χ1n) is 9.03. The molecule has 1 N–H and O–H groups in total. The third-order valence-corrected chi connectivity index (χ3v) is 5.49. The van der Waals surface area contributed by atoms with Crippen molar-refractivity contribution < 1.29 is 9.53 Å². The van der Waals surface area contributed by atoms with Gasteiger partial charge < -0.3 is 15.0 Å².